The van der Waals surface area contributed by atoms with E-state index in [9.17, 15) is 20.2 Å². The molecule has 0 saturated heterocycles. The van der Waals surface area contributed by atoms with E-state index in [1.54, 1.807) is 0 Å². The van der Waals surface area contributed by atoms with Gasteiger partial charge in [-0.25, -0.2) is 0 Å². The minimum Gasteiger partial charge on any atom is -0.493 e. The molecule has 2 atom stereocenters. The fourth-order valence-corrected chi connectivity index (χ4v) is 3.93. The average Bonchev–Trinajstić information content (AvgIpc) is 2.83. The van der Waals surface area contributed by atoms with Crippen molar-refractivity contribution >= 4 is 17.7 Å². The minimum atomic E-state index is -0.573. The van der Waals surface area contributed by atoms with Crippen molar-refractivity contribution in [2.24, 2.45) is 5.92 Å². The maximum absolute atomic E-state index is 12.7. The summed E-state index contributed by atoms with van der Waals surface area (Å²) in [5.74, 6) is 0.248. The molecule has 0 unspecified atom stereocenters. The van der Waals surface area contributed by atoms with Gasteiger partial charge in [-0.05, 0) is 36.5 Å². The van der Waals surface area contributed by atoms with E-state index in [-0.39, 0.29) is 41.0 Å². The topological polar surface area (TPSA) is 114 Å². The number of ether oxygens (including phenoxy) is 2. The Hall–Kier alpha value is -3.86. The standard InChI is InChI=1S/C25H27N3O5/c1-17-8-6-7-11-21(17)27-25(29)20(15-26)12-19-13-23(32-2)24(14-22(19)28(30)31)33-16-18-9-4-3-5-10-18/h3-5,9-10,12-14,17,21H,6-8,11,16H2,1-2H3,(H,27,29)/b20-12+/t17-,21+/m1/s1. The second-order valence-corrected chi connectivity index (χ2v) is 8.10. The van der Waals surface area contributed by atoms with Gasteiger partial charge in [0.1, 0.15) is 18.2 Å². The first-order chi connectivity index (χ1) is 15.9. The second-order valence-electron chi connectivity index (χ2n) is 8.10. The number of nitro benzene ring substituents is 1. The van der Waals surface area contributed by atoms with Crippen molar-refractivity contribution < 1.29 is 19.2 Å². The fourth-order valence-electron chi connectivity index (χ4n) is 3.93. The van der Waals surface area contributed by atoms with Gasteiger partial charge in [0.05, 0.1) is 23.7 Å². The summed E-state index contributed by atoms with van der Waals surface area (Å²) >= 11 is 0. The lowest BCUT2D eigenvalue weighted by Crippen LogP contribution is -2.41. The summed E-state index contributed by atoms with van der Waals surface area (Å²) in [6, 6.07) is 13.9. The number of rotatable bonds is 8. The number of methoxy groups -OCH3 is 1. The number of nitrogens with one attached hydrogen (secondary N) is 1. The number of amides is 1. The highest BCUT2D eigenvalue weighted by molar-refractivity contribution is 6.02. The molecule has 1 aliphatic rings. The van der Waals surface area contributed by atoms with E-state index in [0.717, 1.165) is 31.2 Å². The van der Waals surface area contributed by atoms with Gasteiger partial charge < -0.3 is 14.8 Å². The Labute approximate surface area is 193 Å². The summed E-state index contributed by atoms with van der Waals surface area (Å²) < 4.78 is 11.1. The zero-order valence-electron chi connectivity index (χ0n) is 18.7. The van der Waals surface area contributed by atoms with Gasteiger partial charge in [-0.2, -0.15) is 5.26 Å². The third-order valence-electron chi connectivity index (χ3n) is 5.84. The maximum Gasteiger partial charge on any atom is 0.280 e. The van der Waals surface area contributed by atoms with Crippen LogP contribution in [0.3, 0.4) is 0 Å². The van der Waals surface area contributed by atoms with Crippen LogP contribution in [0.15, 0.2) is 48.0 Å². The van der Waals surface area contributed by atoms with Crippen molar-refractivity contribution in [3.8, 4) is 17.6 Å². The number of nitrogens with zero attached hydrogens (tertiary/aromatic N) is 2. The number of carbonyl (C=O) groups excluding carboxylic acids is 1. The summed E-state index contributed by atoms with van der Waals surface area (Å²) in [7, 11) is 1.42. The Balaban J connectivity index is 1.88. The van der Waals surface area contributed by atoms with E-state index in [1.165, 1.54) is 25.3 Å². The van der Waals surface area contributed by atoms with Crippen LogP contribution in [0.1, 0.15) is 43.7 Å². The molecule has 172 valence electrons. The number of benzene rings is 2. The molecule has 0 radical (unpaired) electrons. The first kappa shape index (κ1) is 23.8. The third kappa shape index (κ3) is 6.10. The van der Waals surface area contributed by atoms with E-state index in [2.05, 4.69) is 12.2 Å². The third-order valence-corrected chi connectivity index (χ3v) is 5.84. The SMILES string of the molecule is COc1cc(/C=C(\C#N)C(=O)N[C@H]2CCCC[C@H]2C)c([N+](=O)[O-])cc1OCc1ccccc1. The first-order valence-electron chi connectivity index (χ1n) is 10.9. The van der Waals surface area contributed by atoms with Gasteiger partial charge in [-0.15, -0.1) is 0 Å². The van der Waals surface area contributed by atoms with E-state index in [0.29, 0.717) is 5.92 Å². The van der Waals surface area contributed by atoms with Gasteiger partial charge in [-0.1, -0.05) is 50.1 Å². The monoisotopic (exact) mass is 449 g/mol. The molecule has 1 amide bonds. The molecule has 1 N–H and O–H groups in total. The Kier molecular flexibility index (Phi) is 8.03. The first-order valence-corrected chi connectivity index (χ1v) is 10.9. The molecular weight excluding hydrogens is 422 g/mol. The predicted molar refractivity (Wildman–Crippen MR) is 124 cm³/mol. The van der Waals surface area contributed by atoms with E-state index in [4.69, 9.17) is 9.47 Å². The highest BCUT2D eigenvalue weighted by atomic mass is 16.6. The number of nitriles is 1. The largest absolute Gasteiger partial charge is 0.493 e. The van der Waals surface area contributed by atoms with Crippen LogP contribution in [-0.2, 0) is 11.4 Å². The molecule has 0 aliphatic heterocycles. The zero-order valence-corrected chi connectivity index (χ0v) is 18.7. The highest BCUT2D eigenvalue weighted by Gasteiger charge is 2.25. The molecular formula is C25H27N3O5. The Morgan fingerprint density at radius 2 is 1.97 bits per heavy atom. The molecule has 3 rings (SSSR count). The van der Waals surface area contributed by atoms with Crippen molar-refractivity contribution in [3.63, 3.8) is 0 Å². The van der Waals surface area contributed by atoms with Crippen LogP contribution >= 0.6 is 0 Å². The zero-order chi connectivity index (χ0) is 23.8. The Morgan fingerprint density at radius 3 is 2.61 bits per heavy atom. The van der Waals surface area contributed by atoms with E-state index >= 15 is 0 Å². The van der Waals surface area contributed by atoms with Gasteiger partial charge in [0, 0.05) is 6.04 Å². The average molecular weight is 450 g/mol. The summed E-state index contributed by atoms with van der Waals surface area (Å²) in [5, 5.41) is 24.2. The summed E-state index contributed by atoms with van der Waals surface area (Å²) in [6.07, 6.45) is 5.24. The van der Waals surface area contributed by atoms with Gasteiger partial charge in [-0.3, -0.25) is 14.9 Å². The van der Waals surface area contributed by atoms with Crippen LogP contribution < -0.4 is 14.8 Å². The normalized spacial score (nSPS) is 18.2. The molecule has 2 aromatic rings. The lowest BCUT2D eigenvalue weighted by molar-refractivity contribution is -0.385. The Morgan fingerprint density at radius 1 is 1.24 bits per heavy atom. The second kappa shape index (κ2) is 11.1. The van der Waals surface area contributed by atoms with Crippen LogP contribution in [0, 0.1) is 27.4 Å². The maximum atomic E-state index is 12.7. The number of hydrogen-bond acceptors (Lipinski definition) is 6. The van der Waals surface area contributed by atoms with Crippen molar-refractivity contribution in [2.75, 3.05) is 7.11 Å². The minimum absolute atomic E-state index is 0.0127. The van der Waals surface area contributed by atoms with Gasteiger partial charge >= 0.3 is 0 Å². The molecule has 2 aromatic carbocycles. The van der Waals surface area contributed by atoms with Crippen molar-refractivity contribution in [3.05, 3.63) is 69.3 Å². The summed E-state index contributed by atoms with van der Waals surface area (Å²) in [5.41, 5.74) is 0.500. The highest BCUT2D eigenvalue weighted by Crippen LogP contribution is 2.36. The van der Waals surface area contributed by atoms with Crippen LogP contribution in [0.5, 0.6) is 11.5 Å². The number of carbonyl (C=O) groups is 1. The van der Waals surface area contributed by atoms with E-state index < -0.39 is 10.8 Å². The van der Waals surface area contributed by atoms with Crippen LogP contribution in [-0.4, -0.2) is 24.0 Å². The lowest BCUT2D eigenvalue weighted by Gasteiger charge is -2.29. The molecule has 1 aliphatic carbocycles. The molecule has 0 spiro atoms. The molecule has 8 heteroatoms. The molecule has 0 heterocycles. The lowest BCUT2D eigenvalue weighted by atomic mass is 9.86. The predicted octanol–water partition coefficient (Wildman–Crippen LogP) is 4.78. The van der Waals surface area contributed by atoms with Gasteiger partial charge in [0.15, 0.2) is 11.5 Å². The Bertz CT molecular complexity index is 1080. The van der Waals surface area contributed by atoms with Crippen LogP contribution in [0.4, 0.5) is 5.69 Å². The van der Waals surface area contributed by atoms with Crippen LogP contribution in [0.2, 0.25) is 0 Å². The molecule has 1 saturated carbocycles. The summed E-state index contributed by atoms with van der Waals surface area (Å²) in [6.45, 7) is 2.28. The summed E-state index contributed by atoms with van der Waals surface area (Å²) in [4.78, 5) is 23.9. The molecule has 8 nitrogen and oxygen atoms in total. The van der Waals surface area contributed by atoms with Crippen molar-refractivity contribution in [1.82, 2.24) is 5.32 Å². The van der Waals surface area contributed by atoms with Gasteiger partial charge in [0.25, 0.3) is 11.6 Å². The number of nitro groups is 1. The smallest absolute Gasteiger partial charge is 0.280 e. The van der Waals surface area contributed by atoms with Crippen LogP contribution in [0.25, 0.3) is 6.08 Å². The molecule has 33 heavy (non-hydrogen) atoms. The van der Waals surface area contributed by atoms with E-state index in [1.807, 2.05) is 36.4 Å². The van der Waals surface area contributed by atoms with Crippen molar-refractivity contribution in [2.45, 2.75) is 45.3 Å². The molecule has 0 aromatic heterocycles. The van der Waals surface area contributed by atoms with Crippen molar-refractivity contribution in [1.29, 1.82) is 5.26 Å². The number of hydrogen-bond donors (Lipinski definition) is 1. The molecule has 1 fully saturated rings. The van der Waals surface area contributed by atoms with Gasteiger partial charge in [0.2, 0.25) is 0 Å². The molecule has 0 bridgehead atoms. The fraction of sp³-hybridized carbons (Fsp3) is 0.360. The quantitative estimate of drug-likeness (QED) is 0.268.